The van der Waals surface area contributed by atoms with Gasteiger partial charge in [-0.3, -0.25) is 14.5 Å². The van der Waals surface area contributed by atoms with Crippen LogP contribution < -0.4 is 10.3 Å². The van der Waals surface area contributed by atoms with E-state index < -0.39 is 11.9 Å². The minimum absolute atomic E-state index is 0.0420. The van der Waals surface area contributed by atoms with E-state index in [0.717, 1.165) is 5.56 Å². The molecule has 0 saturated carbocycles. The Morgan fingerprint density at radius 1 is 0.933 bits per heavy atom. The highest BCUT2D eigenvalue weighted by Gasteiger charge is 2.43. The Kier molecular flexibility index (Phi) is 4.42. The van der Waals surface area contributed by atoms with Gasteiger partial charge >= 0.3 is 0 Å². The van der Waals surface area contributed by atoms with Gasteiger partial charge in [-0.25, -0.2) is 0 Å². The van der Waals surface area contributed by atoms with E-state index in [4.69, 9.17) is 27.6 Å². The van der Waals surface area contributed by atoms with Gasteiger partial charge in [0.05, 0.1) is 17.0 Å². The number of amides is 1. The van der Waals surface area contributed by atoms with E-state index >= 15 is 0 Å². The molecule has 148 valence electrons. The molecule has 0 aliphatic carbocycles. The van der Waals surface area contributed by atoms with E-state index in [1.54, 1.807) is 53.4 Å². The third-order valence-electron chi connectivity index (χ3n) is 5.38. The molecule has 3 aromatic carbocycles. The summed E-state index contributed by atoms with van der Waals surface area (Å²) in [4.78, 5) is 28.5. The number of carbonyl (C=O) groups is 1. The van der Waals surface area contributed by atoms with Gasteiger partial charge in [0.1, 0.15) is 5.58 Å². The van der Waals surface area contributed by atoms with E-state index in [9.17, 15) is 9.59 Å². The normalized spacial score (nSPS) is 15.6. The summed E-state index contributed by atoms with van der Waals surface area (Å²) in [6.07, 6.45) is 0. The van der Waals surface area contributed by atoms with Crippen molar-refractivity contribution in [3.8, 4) is 0 Å². The third kappa shape index (κ3) is 2.83. The van der Waals surface area contributed by atoms with Crippen molar-refractivity contribution in [2.45, 2.75) is 13.0 Å². The molecule has 0 N–H and O–H groups in total. The van der Waals surface area contributed by atoms with Crippen LogP contribution in [0.2, 0.25) is 10.0 Å². The molecule has 30 heavy (non-hydrogen) atoms. The van der Waals surface area contributed by atoms with Gasteiger partial charge in [-0.2, -0.15) is 0 Å². The predicted molar refractivity (Wildman–Crippen MR) is 119 cm³/mol. The second kappa shape index (κ2) is 7.01. The summed E-state index contributed by atoms with van der Waals surface area (Å²) >= 11 is 12.6. The SMILES string of the molecule is Cc1ccc(N2C(=O)c3oc4ccccc4c(=O)c3C2c2cccc(Cl)c2)cc1Cl. The molecule has 0 saturated heterocycles. The zero-order chi connectivity index (χ0) is 21.0. The highest BCUT2D eigenvalue weighted by Crippen LogP contribution is 2.42. The number of aryl methyl sites for hydroxylation is 1. The first-order chi connectivity index (χ1) is 14.5. The van der Waals surface area contributed by atoms with Crippen molar-refractivity contribution in [1.82, 2.24) is 0 Å². The first-order valence-electron chi connectivity index (χ1n) is 9.36. The Hall–Kier alpha value is -3.08. The predicted octanol–water partition coefficient (Wildman–Crippen LogP) is 6.16. The number of anilines is 1. The lowest BCUT2D eigenvalue weighted by Gasteiger charge is -2.25. The van der Waals surface area contributed by atoms with Crippen molar-refractivity contribution in [3.05, 3.63) is 109 Å². The molecule has 2 heterocycles. The van der Waals surface area contributed by atoms with Crippen LogP contribution in [-0.4, -0.2) is 5.91 Å². The zero-order valence-corrected chi connectivity index (χ0v) is 17.4. The van der Waals surface area contributed by atoms with Crippen LogP contribution in [0.5, 0.6) is 0 Å². The molecule has 1 aromatic heterocycles. The maximum Gasteiger partial charge on any atom is 0.295 e. The summed E-state index contributed by atoms with van der Waals surface area (Å²) in [6.45, 7) is 1.89. The summed E-state index contributed by atoms with van der Waals surface area (Å²) in [5.74, 6) is -0.349. The van der Waals surface area contributed by atoms with Crippen LogP contribution in [0.25, 0.3) is 11.0 Å². The molecule has 1 aliphatic rings. The van der Waals surface area contributed by atoms with Crippen LogP contribution in [0.1, 0.15) is 33.3 Å². The summed E-state index contributed by atoms with van der Waals surface area (Å²) in [6, 6.07) is 18.8. The fraction of sp³-hybridized carbons (Fsp3) is 0.0833. The largest absolute Gasteiger partial charge is 0.450 e. The maximum atomic E-state index is 13.5. The fourth-order valence-corrected chi connectivity index (χ4v) is 4.28. The van der Waals surface area contributed by atoms with Crippen molar-refractivity contribution < 1.29 is 9.21 Å². The number of hydrogen-bond acceptors (Lipinski definition) is 3. The Morgan fingerprint density at radius 3 is 2.50 bits per heavy atom. The molecule has 6 heteroatoms. The smallest absolute Gasteiger partial charge is 0.295 e. The lowest BCUT2D eigenvalue weighted by Crippen LogP contribution is -2.29. The molecule has 1 aliphatic heterocycles. The van der Waals surface area contributed by atoms with Crippen LogP contribution in [0.15, 0.2) is 75.9 Å². The second-order valence-corrected chi connectivity index (χ2v) is 8.08. The summed E-state index contributed by atoms with van der Waals surface area (Å²) in [7, 11) is 0. The minimum atomic E-state index is -0.675. The van der Waals surface area contributed by atoms with Crippen LogP contribution >= 0.6 is 23.2 Å². The van der Waals surface area contributed by atoms with Crippen LogP contribution in [0.3, 0.4) is 0 Å². The van der Waals surface area contributed by atoms with E-state index in [-0.39, 0.29) is 11.2 Å². The van der Waals surface area contributed by atoms with Crippen LogP contribution in [-0.2, 0) is 0 Å². The lowest BCUT2D eigenvalue weighted by molar-refractivity contribution is 0.0971. The first-order valence-corrected chi connectivity index (χ1v) is 10.1. The number of nitrogens with zero attached hydrogens (tertiary/aromatic N) is 1. The van der Waals surface area contributed by atoms with Crippen LogP contribution in [0.4, 0.5) is 5.69 Å². The highest BCUT2D eigenvalue weighted by atomic mass is 35.5. The minimum Gasteiger partial charge on any atom is -0.450 e. The van der Waals surface area contributed by atoms with Crippen molar-refractivity contribution in [2.24, 2.45) is 0 Å². The lowest BCUT2D eigenvalue weighted by atomic mass is 9.98. The molecule has 0 bridgehead atoms. The van der Waals surface area contributed by atoms with Gasteiger partial charge in [-0.1, -0.05) is 53.5 Å². The molecule has 0 spiro atoms. The molecule has 1 amide bonds. The first kappa shape index (κ1) is 18.9. The number of fused-ring (bicyclic) bond motifs is 2. The average molecular weight is 436 g/mol. The van der Waals surface area contributed by atoms with Gasteiger partial charge in [-0.15, -0.1) is 0 Å². The molecule has 4 aromatic rings. The van der Waals surface area contributed by atoms with Crippen molar-refractivity contribution in [2.75, 3.05) is 4.90 Å². The molecule has 1 atom stereocenters. The third-order valence-corrected chi connectivity index (χ3v) is 6.02. The topological polar surface area (TPSA) is 50.5 Å². The number of halogens is 2. The fourth-order valence-electron chi connectivity index (χ4n) is 3.91. The molecule has 4 nitrogen and oxygen atoms in total. The molecule has 1 unspecified atom stereocenters. The Labute approximate surface area is 182 Å². The van der Waals surface area contributed by atoms with Crippen molar-refractivity contribution in [1.29, 1.82) is 0 Å². The molecule has 5 rings (SSSR count). The average Bonchev–Trinajstić information content (AvgIpc) is 3.03. The number of para-hydroxylation sites is 1. The molecule has 0 radical (unpaired) electrons. The maximum absolute atomic E-state index is 13.5. The summed E-state index contributed by atoms with van der Waals surface area (Å²) < 4.78 is 5.93. The van der Waals surface area contributed by atoms with Gasteiger partial charge in [0.15, 0.2) is 5.43 Å². The van der Waals surface area contributed by atoms with E-state index in [1.165, 1.54) is 0 Å². The van der Waals surface area contributed by atoms with Crippen molar-refractivity contribution in [3.63, 3.8) is 0 Å². The second-order valence-electron chi connectivity index (χ2n) is 7.24. The Balaban J connectivity index is 1.83. The monoisotopic (exact) mass is 435 g/mol. The van der Waals surface area contributed by atoms with E-state index in [1.807, 2.05) is 25.1 Å². The van der Waals surface area contributed by atoms with Gasteiger partial charge in [0.2, 0.25) is 5.76 Å². The van der Waals surface area contributed by atoms with Gasteiger partial charge in [0.25, 0.3) is 5.91 Å². The number of hydrogen-bond donors (Lipinski definition) is 0. The zero-order valence-electron chi connectivity index (χ0n) is 15.9. The van der Waals surface area contributed by atoms with Gasteiger partial charge in [0, 0.05) is 15.7 Å². The van der Waals surface area contributed by atoms with Gasteiger partial charge in [-0.05, 0) is 54.4 Å². The molecule has 0 fully saturated rings. The van der Waals surface area contributed by atoms with Crippen LogP contribution in [0, 0.1) is 6.92 Å². The summed E-state index contributed by atoms with van der Waals surface area (Å²) in [5.41, 5.74) is 2.64. The molecular weight excluding hydrogens is 421 g/mol. The van der Waals surface area contributed by atoms with E-state index in [0.29, 0.717) is 37.8 Å². The number of carbonyl (C=O) groups excluding carboxylic acids is 1. The Morgan fingerprint density at radius 2 is 1.73 bits per heavy atom. The highest BCUT2D eigenvalue weighted by molar-refractivity contribution is 6.32. The standard InChI is InChI=1S/C24H15Cl2NO3/c1-13-9-10-16(12-18(13)26)27-21(14-5-4-6-15(25)11-14)20-22(28)17-7-2-3-8-19(17)30-23(20)24(27)29/h2-12,21H,1H3. The Bertz CT molecular complexity index is 1390. The molecular formula is C24H15Cl2NO3. The quantitative estimate of drug-likeness (QED) is 0.378. The van der Waals surface area contributed by atoms with Crippen molar-refractivity contribution >= 4 is 45.8 Å². The van der Waals surface area contributed by atoms with E-state index in [2.05, 4.69) is 0 Å². The summed E-state index contributed by atoms with van der Waals surface area (Å²) in [5, 5.41) is 1.48. The number of benzene rings is 3. The number of rotatable bonds is 2. The van der Waals surface area contributed by atoms with Gasteiger partial charge < -0.3 is 4.42 Å².